The molecule has 104 valence electrons. The van der Waals surface area contributed by atoms with Crippen LogP contribution in [0, 0.1) is 5.92 Å². The lowest BCUT2D eigenvalue weighted by Crippen LogP contribution is -2.47. The summed E-state index contributed by atoms with van der Waals surface area (Å²) < 4.78 is 0. The minimum absolute atomic E-state index is 0.0346. The van der Waals surface area contributed by atoms with Gasteiger partial charge in [-0.15, -0.1) is 0 Å². The SMILES string of the molecule is CCC1CN(C(=O)NCC(C)CC(=O)O)CCS1. The number of carbonyl (C=O) groups excluding carboxylic acids is 1. The van der Waals surface area contributed by atoms with E-state index in [-0.39, 0.29) is 18.4 Å². The van der Waals surface area contributed by atoms with Crippen molar-refractivity contribution in [3.8, 4) is 0 Å². The first-order valence-corrected chi connectivity index (χ1v) is 7.44. The first-order valence-electron chi connectivity index (χ1n) is 6.39. The van der Waals surface area contributed by atoms with E-state index in [2.05, 4.69) is 12.2 Å². The Balaban J connectivity index is 2.29. The molecule has 0 aliphatic carbocycles. The molecule has 0 spiro atoms. The zero-order chi connectivity index (χ0) is 13.5. The lowest BCUT2D eigenvalue weighted by Gasteiger charge is -2.32. The standard InChI is InChI=1S/C12H22N2O3S/c1-3-10-8-14(4-5-18-10)12(17)13-7-9(2)6-11(15)16/h9-10H,3-8H2,1-2H3,(H,13,17)(H,15,16). The van der Waals surface area contributed by atoms with E-state index in [1.165, 1.54) is 0 Å². The third-order valence-corrected chi connectivity index (χ3v) is 4.38. The Morgan fingerprint density at radius 1 is 1.56 bits per heavy atom. The van der Waals surface area contributed by atoms with Crippen LogP contribution in [0.5, 0.6) is 0 Å². The second kappa shape index (κ2) is 7.51. The van der Waals surface area contributed by atoms with Crippen LogP contribution in [0.3, 0.4) is 0 Å². The van der Waals surface area contributed by atoms with Crippen LogP contribution in [0.1, 0.15) is 26.7 Å². The summed E-state index contributed by atoms with van der Waals surface area (Å²) in [6, 6.07) is -0.0639. The van der Waals surface area contributed by atoms with E-state index >= 15 is 0 Å². The van der Waals surface area contributed by atoms with E-state index in [1.54, 1.807) is 0 Å². The van der Waals surface area contributed by atoms with Crippen LogP contribution >= 0.6 is 11.8 Å². The average Bonchev–Trinajstić information content (AvgIpc) is 2.35. The van der Waals surface area contributed by atoms with Crippen molar-refractivity contribution in [1.82, 2.24) is 10.2 Å². The van der Waals surface area contributed by atoms with Crippen LogP contribution in [0.15, 0.2) is 0 Å². The molecule has 0 saturated carbocycles. The van der Waals surface area contributed by atoms with Crippen molar-refractivity contribution in [2.24, 2.45) is 5.92 Å². The molecule has 0 aromatic heterocycles. The number of carbonyl (C=O) groups is 2. The Morgan fingerprint density at radius 3 is 2.89 bits per heavy atom. The molecule has 18 heavy (non-hydrogen) atoms. The quantitative estimate of drug-likeness (QED) is 0.799. The van der Waals surface area contributed by atoms with E-state index in [0.29, 0.717) is 11.8 Å². The highest BCUT2D eigenvalue weighted by molar-refractivity contribution is 8.00. The number of nitrogens with one attached hydrogen (secondary N) is 1. The second-order valence-corrected chi connectivity index (χ2v) is 6.14. The minimum atomic E-state index is -0.822. The monoisotopic (exact) mass is 274 g/mol. The number of hydrogen-bond donors (Lipinski definition) is 2. The van der Waals surface area contributed by atoms with Gasteiger partial charge >= 0.3 is 12.0 Å². The van der Waals surface area contributed by atoms with E-state index < -0.39 is 5.97 Å². The van der Waals surface area contributed by atoms with Crippen LogP contribution in [0.2, 0.25) is 0 Å². The highest BCUT2D eigenvalue weighted by Crippen LogP contribution is 2.20. The summed E-state index contributed by atoms with van der Waals surface area (Å²) in [6.07, 6.45) is 1.16. The fraction of sp³-hybridized carbons (Fsp3) is 0.833. The molecule has 5 nitrogen and oxygen atoms in total. The molecule has 1 heterocycles. The number of thioether (sulfide) groups is 1. The third kappa shape index (κ3) is 5.16. The Bertz CT molecular complexity index is 299. The van der Waals surface area contributed by atoms with Crippen molar-refractivity contribution in [1.29, 1.82) is 0 Å². The number of hydrogen-bond acceptors (Lipinski definition) is 3. The van der Waals surface area contributed by atoms with Crippen LogP contribution < -0.4 is 5.32 Å². The Hall–Kier alpha value is -0.910. The van der Waals surface area contributed by atoms with Crippen molar-refractivity contribution in [3.63, 3.8) is 0 Å². The lowest BCUT2D eigenvalue weighted by molar-refractivity contribution is -0.137. The van der Waals surface area contributed by atoms with Crippen molar-refractivity contribution >= 4 is 23.8 Å². The van der Waals surface area contributed by atoms with Gasteiger partial charge in [-0.2, -0.15) is 11.8 Å². The summed E-state index contributed by atoms with van der Waals surface area (Å²) in [6.45, 7) is 5.95. The first kappa shape index (κ1) is 15.1. The second-order valence-electron chi connectivity index (χ2n) is 4.74. The molecular formula is C12H22N2O3S. The van der Waals surface area contributed by atoms with Crippen molar-refractivity contribution in [2.75, 3.05) is 25.4 Å². The minimum Gasteiger partial charge on any atom is -0.481 e. The highest BCUT2D eigenvalue weighted by Gasteiger charge is 2.23. The summed E-state index contributed by atoms with van der Waals surface area (Å²) in [7, 11) is 0. The van der Waals surface area contributed by atoms with E-state index in [4.69, 9.17) is 5.11 Å². The van der Waals surface area contributed by atoms with Gasteiger partial charge in [0.1, 0.15) is 0 Å². The normalized spacial score (nSPS) is 21.4. The summed E-state index contributed by atoms with van der Waals surface area (Å²) in [4.78, 5) is 24.3. The molecule has 1 rings (SSSR count). The fourth-order valence-corrected chi connectivity index (χ4v) is 3.07. The Kier molecular flexibility index (Phi) is 6.32. The van der Waals surface area contributed by atoms with Crippen LogP contribution in [0.4, 0.5) is 4.79 Å². The molecule has 0 aromatic carbocycles. The first-order chi connectivity index (χ1) is 8.52. The summed E-state index contributed by atoms with van der Waals surface area (Å²) in [5.74, 6) is 0.126. The summed E-state index contributed by atoms with van der Waals surface area (Å²) in [5, 5.41) is 12.0. The number of carboxylic acids is 1. The molecule has 1 aliphatic heterocycles. The van der Waals surface area contributed by atoms with Gasteiger partial charge in [0.25, 0.3) is 0 Å². The maximum atomic E-state index is 11.9. The summed E-state index contributed by atoms with van der Waals surface area (Å²) >= 11 is 1.92. The Morgan fingerprint density at radius 2 is 2.28 bits per heavy atom. The van der Waals surface area contributed by atoms with Gasteiger partial charge in [-0.1, -0.05) is 13.8 Å². The smallest absolute Gasteiger partial charge is 0.317 e. The molecule has 1 aliphatic rings. The molecule has 2 N–H and O–H groups in total. The zero-order valence-corrected chi connectivity index (χ0v) is 11.8. The molecule has 1 saturated heterocycles. The van der Waals surface area contributed by atoms with Crippen molar-refractivity contribution in [2.45, 2.75) is 31.9 Å². The third-order valence-electron chi connectivity index (χ3n) is 3.01. The largest absolute Gasteiger partial charge is 0.481 e. The number of amides is 2. The topological polar surface area (TPSA) is 69.6 Å². The predicted molar refractivity (Wildman–Crippen MR) is 72.9 cm³/mol. The molecule has 1 fully saturated rings. The molecule has 2 atom stereocenters. The van der Waals surface area contributed by atoms with Crippen molar-refractivity contribution in [3.05, 3.63) is 0 Å². The zero-order valence-electron chi connectivity index (χ0n) is 11.0. The lowest BCUT2D eigenvalue weighted by atomic mass is 10.1. The molecule has 0 bridgehead atoms. The van der Waals surface area contributed by atoms with E-state index in [9.17, 15) is 9.59 Å². The van der Waals surface area contributed by atoms with Gasteiger partial charge in [-0.25, -0.2) is 4.79 Å². The highest BCUT2D eigenvalue weighted by atomic mass is 32.2. The van der Waals surface area contributed by atoms with E-state index in [0.717, 1.165) is 25.3 Å². The van der Waals surface area contributed by atoms with Crippen LogP contribution in [-0.4, -0.2) is 52.6 Å². The maximum absolute atomic E-state index is 11.9. The predicted octanol–water partition coefficient (Wildman–Crippen LogP) is 1.63. The van der Waals surface area contributed by atoms with Crippen LogP contribution in [-0.2, 0) is 4.79 Å². The molecule has 0 radical (unpaired) electrons. The number of aliphatic carboxylic acids is 1. The van der Waals surface area contributed by atoms with Gasteiger partial charge in [-0.05, 0) is 12.3 Å². The maximum Gasteiger partial charge on any atom is 0.317 e. The van der Waals surface area contributed by atoms with Crippen molar-refractivity contribution < 1.29 is 14.7 Å². The average molecular weight is 274 g/mol. The van der Waals surface area contributed by atoms with Crippen LogP contribution in [0.25, 0.3) is 0 Å². The molecule has 2 unspecified atom stereocenters. The summed E-state index contributed by atoms with van der Waals surface area (Å²) in [5.41, 5.74) is 0. The Labute approximate surface area is 112 Å². The van der Waals surface area contributed by atoms with Gasteiger partial charge in [0.15, 0.2) is 0 Å². The number of rotatable bonds is 5. The molecular weight excluding hydrogens is 252 g/mol. The molecule has 6 heteroatoms. The van der Waals surface area contributed by atoms with Gasteiger partial charge in [0, 0.05) is 37.1 Å². The molecule has 2 amide bonds. The van der Waals surface area contributed by atoms with Gasteiger partial charge in [0.05, 0.1) is 0 Å². The fourth-order valence-electron chi connectivity index (χ4n) is 1.89. The van der Waals surface area contributed by atoms with Gasteiger partial charge in [0.2, 0.25) is 0 Å². The van der Waals surface area contributed by atoms with E-state index in [1.807, 2.05) is 23.6 Å². The van der Waals surface area contributed by atoms with Gasteiger partial charge in [-0.3, -0.25) is 4.79 Å². The number of urea groups is 1. The van der Waals surface area contributed by atoms with Gasteiger partial charge < -0.3 is 15.3 Å². The number of nitrogens with zero attached hydrogens (tertiary/aromatic N) is 1. The number of carboxylic acid groups (broad SMARTS) is 1. The molecule has 0 aromatic rings.